The lowest BCUT2D eigenvalue weighted by Gasteiger charge is -2.28. The third-order valence-electron chi connectivity index (χ3n) is 4.34. The van der Waals surface area contributed by atoms with Crippen LogP contribution >= 0.6 is 0 Å². The molecule has 1 amide bonds. The molecule has 8 nitrogen and oxygen atoms in total. The summed E-state index contributed by atoms with van der Waals surface area (Å²) < 4.78 is 32.5. The normalized spacial score (nSPS) is 12.4. The smallest absolute Gasteiger partial charge is 0.377 e. The number of carbonyl (C=O) groups excluding carboxylic acids is 1. The highest BCUT2D eigenvalue weighted by atomic mass is 28.4. The monoisotopic (exact) mass is 397 g/mol. The van der Waals surface area contributed by atoms with E-state index in [2.05, 4.69) is 0 Å². The van der Waals surface area contributed by atoms with E-state index in [1.165, 1.54) is 0 Å². The van der Waals surface area contributed by atoms with Gasteiger partial charge in [0.25, 0.3) is 0 Å². The Hall–Kier alpha value is -0.336. The molecule has 0 aromatic rings. The molecule has 0 aliphatic rings. The van der Waals surface area contributed by atoms with Crippen LogP contribution in [0.2, 0.25) is 12.1 Å². The summed E-state index contributed by atoms with van der Waals surface area (Å²) in [5, 5.41) is 0. The number of hydrogen-bond acceptors (Lipinski definition) is 7. The van der Waals surface area contributed by atoms with E-state index < -0.39 is 17.6 Å². The predicted octanol–water partition coefficient (Wildman–Crippen LogP) is 1.76. The molecular formula is C15H35NO7Si2. The van der Waals surface area contributed by atoms with Gasteiger partial charge in [0.2, 0.25) is 5.91 Å². The second-order valence-electron chi connectivity index (χ2n) is 5.53. The van der Waals surface area contributed by atoms with Crippen LogP contribution in [0.25, 0.3) is 0 Å². The molecule has 150 valence electrons. The van der Waals surface area contributed by atoms with Crippen molar-refractivity contribution in [1.82, 2.24) is 4.90 Å². The quantitative estimate of drug-likeness (QED) is 0.390. The topological polar surface area (TPSA) is 75.7 Å². The average Bonchev–Trinajstić information content (AvgIpc) is 2.67. The summed E-state index contributed by atoms with van der Waals surface area (Å²) in [6.45, 7) is 3.14. The molecule has 0 bridgehead atoms. The van der Waals surface area contributed by atoms with Gasteiger partial charge in [-0.1, -0.05) is 6.92 Å². The third-order valence-corrected chi connectivity index (χ3v) is 10.0. The van der Waals surface area contributed by atoms with Crippen LogP contribution < -0.4 is 0 Å². The van der Waals surface area contributed by atoms with E-state index in [1.807, 2.05) is 11.8 Å². The maximum Gasteiger partial charge on any atom is 0.500 e. The SMILES string of the molecule is CCC(=O)N(CCC[Si](OC)(OC)OC)CCC[Si](OC)(OC)OC. The van der Waals surface area contributed by atoms with E-state index >= 15 is 0 Å². The Bertz CT molecular complexity index is 323. The fraction of sp³-hybridized carbons (Fsp3) is 0.933. The number of nitrogens with zero attached hydrogens (tertiary/aromatic N) is 1. The van der Waals surface area contributed by atoms with E-state index in [9.17, 15) is 4.79 Å². The summed E-state index contributed by atoms with van der Waals surface area (Å²) in [4.78, 5) is 14.1. The van der Waals surface area contributed by atoms with E-state index in [4.69, 9.17) is 26.6 Å². The maximum atomic E-state index is 12.2. The molecule has 0 spiro atoms. The van der Waals surface area contributed by atoms with Crippen LogP contribution in [0.4, 0.5) is 0 Å². The van der Waals surface area contributed by atoms with E-state index in [1.54, 1.807) is 42.7 Å². The number of rotatable bonds is 15. The minimum Gasteiger partial charge on any atom is -0.377 e. The van der Waals surface area contributed by atoms with Crippen LogP contribution in [0.5, 0.6) is 0 Å². The molecule has 0 atom stereocenters. The molecular weight excluding hydrogens is 362 g/mol. The second-order valence-corrected chi connectivity index (χ2v) is 11.7. The maximum absolute atomic E-state index is 12.2. The van der Waals surface area contributed by atoms with Gasteiger partial charge in [-0.2, -0.15) is 0 Å². The zero-order chi connectivity index (χ0) is 19.3. The zero-order valence-corrected chi connectivity index (χ0v) is 18.8. The highest BCUT2D eigenvalue weighted by Gasteiger charge is 2.38. The molecule has 25 heavy (non-hydrogen) atoms. The highest BCUT2D eigenvalue weighted by molar-refractivity contribution is 6.60. The van der Waals surface area contributed by atoms with Crippen molar-refractivity contribution in [3.05, 3.63) is 0 Å². The fourth-order valence-corrected chi connectivity index (χ4v) is 6.08. The van der Waals surface area contributed by atoms with Crippen molar-refractivity contribution in [2.45, 2.75) is 38.3 Å². The number of hydrogen-bond donors (Lipinski definition) is 0. The molecule has 0 saturated carbocycles. The van der Waals surface area contributed by atoms with Crippen molar-refractivity contribution in [3.63, 3.8) is 0 Å². The van der Waals surface area contributed by atoms with Gasteiger partial charge in [0, 0.05) is 74.3 Å². The van der Waals surface area contributed by atoms with E-state index in [-0.39, 0.29) is 5.91 Å². The largest absolute Gasteiger partial charge is 0.500 e. The van der Waals surface area contributed by atoms with Crippen LogP contribution in [0.1, 0.15) is 26.2 Å². The van der Waals surface area contributed by atoms with Gasteiger partial charge in [0.05, 0.1) is 0 Å². The lowest BCUT2D eigenvalue weighted by Crippen LogP contribution is -2.44. The second kappa shape index (κ2) is 12.9. The Morgan fingerprint density at radius 1 is 0.720 bits per heavy atom. The first-order valence-corrected chi connectivity index (χ1v) is 12.4. The molecule has 0 aliphatic carbocycles. The van der Waals surface area contributed by atoms with Gasteiger partial charge in [-0.25, -0.2) is 0 Å². The predicted molar refractivity (Wildman–Crippen MR) is 99.3 cm³/mol. The van der Waals surface area contributed by atoms with Gasteiger partial charge in [-0.3, -0.25) is 4.79 Å². The summed E-state index contributed by atoms with van der Waals surface area (Å²) >= 11 is 0. The summed E-state index contributed by atoms with van der Waals surface area (Å²) in [6.07, 6.45) is 1.99. The Kier molecular flexibility index (Phi) is 12.8. The van der Waals surface area contributed by atoms with Crippen LogP contribution in [-0.2, 0) is 31.4 Å². The molecule has 0 unspecified atom stereocenters. The summed E-state index contributed by atoms with van der Waals surface area (Å²) in [5.41, 5.74) is 0. The molecule has 0 fully saturated rings. The van der Waals surface area contributed by atoms with Crippen LogP contribution in [-0.4, -0.2) is 84.2 Å². The van der Waals surface area contributed by atoms with Gasteiger partial charge in [0.1, 0.15) is 0 Å². The van der Waals surface area contributed by atoms with Crippen LogP contribution in [0, 0.1) is 0 Å². The van der Waals surface area contributed by atoms with Crippen molar-refractivity contribution < 1.29 is 31.4 Å². The molecule has 0 saturated heterocycles. The van der Waals surface area contributed by atoms with Gasteiger partial charge in [-0.05, 0) is 12.8 Å². The van der Waals surface area contributed by atoms with Crippen molar-refractivity contribution in [2.24, 2.45) is 0 Å². The van der Waals surface area contributed by atoms with Crippen molar-refractivity contribution >= 4 is 23.5 Å². The highest BCUT2D eigenvalue weighted by Crippen LogP contribution is 2.18. The lowest BCUT2D eigenvalue weighted by atomic mass is 10.3. The average molecular weight is 398 g/mol. The van der Waals surface area contributed by atoms with Crippen molar-refractivity contribution in [2.75, 3.05) is 55.7 Å². The summed E-state index contributed by atoms with van der Waals surface area (Å²) in [6, 6.07) is 1.33. The molecule has 0 aliphatic heterocycles. The molecule has 0 heterocycles. The first kappa shape index (κ1) is 24.7. The molecule has 0 rings (SSSR count). The molecule has 0 aromatic heterocycles. The Balaban J connectivity index is 4.59. The summed E-state index contributed by atoms with van der Waals surface area (Å²) in [5.74, 6) is 0.124. The minimum atomic E-state index is -2.60. The number of carbonyl (C=O) groups is 1. The van der Waals surface area contributed by atoms with Crippen molar-refractivity contribution in [3.8, 4) is 0 Å². The molecule has 0 N–H and O–H groups in total. The fourth-order valence-electron chi connectivity index (χ4n) is 2.67. The van der Waals surface area contributed by atoms with E-state index in [0.717, 1.165) is 12.8 Å². The summed E-state index contributed by atoms with van der Waals surface area (Å²) in [7, 11) is 4.38. The Morgan fingerprint density at radius 2 is 1.04 bits per heavy atom. The Morgan fingerprint density at radius 3 is 1.28 bits per heavy atom. The van der Waals surface area contributed by atoms with Crippen LogP contribution in [0.15, 0.2) is 0 Å². The standard InChI is InChI=1S/C15H35NO7Si2/c1-8-15(17)16(11-9-13-24(18-2,19-3)20-4)12-10-14-25(21-5,22-6)23-7/h8-14H2,1-7H3. The molecule has 10 heteroatoms. The van der Waals surface area contributed by atoms with E-state index in [0.29, 0.717) is 31.6 Å². The minimum absolute atomic E-state index is 0.124. The van der Waals surface area contributed by atoms with Gasteiger partial charge >= 0.3 is 17.6 Å². The first-order valence-electron chi connectivity index (χ1n) is 8.50. The lowest BCUT2D eigenvalue weighted by molar-refractivity contribution is -0.131. The van der Waals surface area contributed by atoms with Crippen molar-refractivity contribution in [1.29, 1.82) is 0 Å². The first-order chi connectivity index (χ1) is 11.9. The molecule has 0 aromatic carbocycles. The van der Waals surface area contributed by atoms with Gasteiger partial charge in [0.15, 0.2) is 0 Å². The zero-order valence-electron chi connectivity index (χ0n) is 16.8. The Labute approximate surface area is 154 Å². The third kappa shape index (κ3) is 7.83. The molecule has 0 radical (unpaired) electrons. The number of amides is 1. The van der Waals surface area contributed by atoms with Gasteiger partial charge < -0.3 is 31.5 Å². The van der Waals surface area contributed by atoms with Crippen LogP contribution in [0.3, 0.4) is 0 Å². The van der Waals surface area contributed by atoms with Gasteiger partial charge in [-0.15, -0.1) is 0 Å².